The van der Waals surface area contributed by atoms with Gasteiger partial charge in [0.15, 0.2) is 0 Å². The van der Waals surface area contributed by atoms with Crippen molar-refractivity contribution in [3.8, 4) is 22.3 Å². The van der Waals surface area contributed by atoms with Crippen LogP contribution in [0.25, 0.3) is 49.6 Å². The Morgan fingerprint density at radius 1 is 0.625 bits per heavy atom. The highest BCUT2D eigenvalue weighted by Gasteiger charge is 2.46. The van der Waals surface area contributed by atoms with Crippen molar-refractivity contribution in [3.63, 3.8) is 0 Å². The molecular weight excluding hydrogens is 488 g/mol. The third kappa shape index (κ3) is 2.79. The van der Waals surface area contributed by atoms with Gasteiger partial charge in [-0.2, -0.15) is 0 Å². The highest BCUT2D eigenvalue weighted by atomic mass is 16.2. The number of fused-ring (bicyclic) bond motifs is 7. The highest BCUT2D eigenvalue weighted by Crippen LogP contribution is 2.50. The van der Waals surface area contributed by atoms with Gasteiger partial charge in [0.25, 0.3) is 0 Å². The first-order valence-corrected chi connectivity index (χ1v) is 13.7. The molecule has 3 heteroatoms. The maximum absolute atomic E-state index is 14.3. The molecule has 0 fully saturated rings. The SMILES string of the molecule is O=C1c2ccccc2-c2ccc3c4cc(-c5ccccc5)ccc4n4c3c2[N+]1=C1C=C(c2ccccc2)C=CC14. The lowest BCUT2D eigenvalue weighted by Gasteiger charge is -2.28. The molecule has 1 unspecified atom stereocenters. The van der Waals surface area contributed by atoms with Gasteiger partial charge in [0.05, 0.1) is 16.6 Å². The normalized spacial score (nSPS) is 16.8. The van der Waals surface area contributed by atoms with E-state index in [1.807, 2.05) is 28.8 Å². The van der Waals surface area contributed by atoms with Crippen LogP contribution in [0.4, 0.5) is 5.69 Å². The number of benzene rings is 5. The van der Waals surface area contributed by atoms with Gasteiger partial charge in [-0.25, -0.2) is 4.79 Å². The molecule has 2 aliphatic heterocycles. The van der Waals surface area contributed by atoms with Crippen LogP contribution in [0, 0.1) is 0 Å². The fourth-order valence-electron chi connectivity index (χ4n) is 6.85. The summed E-state index contributed by atoms with van der Waals surface area (Å²) in [4.78, 5) is 14.3. The number of amides is 1. The molecule has 3 heterocycles. The summed E-state index contributed by atoms with van der Waals surface area (Å²) in [5.74, 6) is 0.0380. The average molecular weight is 512 g/mol. The van der Waals surface area contributed by atoms with E-state index >= 15 is 0 Å². The molecule has 1 aliphatic carbocycles. The van der Waals surface area contributed by atoms with E-state index in [4.69, 9.17) is 0 Å². The molecule has 1 amide bonds. The van der Waals surface area contributed by atoms with Crippen LogP contribution in [0.1, 0.15) is 22.0 Å². The first-order valence-electron chi connectivity index (χ1n) is 13.7. The van der Waals surface area contributed by atoms with Gasteiger partial charge in [-0.3, -0.25) is 0 Å². The van der Waals surface area contributed by atoms with Gasteiger partial charge in [-0.1, -0.05) is 103 Å². The maximum atomic E-state index is 14.3. The molecule has 6 aromatic rings. The Balaban J connectivity index is 1.40. The molecule has 186 valence electrons. The molecule has 9 rings (SSSR count). The summed E-state index contributed by atoms with van der Waals surface area (Å²) >= 11 is 0. The second-order valence-corrected chi connectivity index (χ2v) is 10.7. The van der Waals surface area contributed by atoms with Crippen molar-refractivity contribution in [1.29, 1.82) is 0 Å². The minimum Gasteiger partial charge on any atom is -0.318 e. The molecule has 0 spiro atoms. The predicted molar refractivity (Wildman–Crippen MR) is 162 cm³/mol. The fraction of sp³-hybridized carbons (Fsp3) is 0.0270. The first kappa shape index (κ1) is 21.6. The van der Waals surface area contributed by atoms with Gasteiger partial charge >= 0.3 is 5.91 Å². The molecule has 3 aliphatic rings. The predicted octanol–water partition coefficient (Wildman–Crippen LogP) is 8.58. The Bertz CT molecular complexity index is 2160. The van der Waals surface area contributed by atoms with Crippen LogP contribution in [-0.4, -0.2) is 20.8 Å². The Hall–Kier alpha value is -5.28. The third-order valence-corrected chi connectivity index (χ3v) is 8.63. The van der Waals surface area contributed by atoms with Crippen molar-refractivity contribution in [2.24, 2.45) is 0 Å². The van der Waals surface area contributed by atoms with Crippen LogP contribution in [0.2, 0.25) is 0 Å². The summed E-state index contributed by atoms with van der Waals surface area (Å²) in [6.45, 7) is 0. The summed E-state index contributed by atoms with van der Waals surface area (Å²) < 4.78 is 4.44. The molecule has 0 saturated carbocycles. The molecule has 3 nitrogen and oxygen atoms in total. The van der Waals surface area contributed by atoms with Crippen molar-refractivity contribution in [1.82, 2.24) is 4.57 Å². The Morgan fingerprint density at radius 3 is 2.15 bits per heavy atom. The second-order valence-electron chi connectivity index (χ2n) is 10.7. The molecule has 0 bridgehead atoms. The number of hydrogen-bond acceptors (Lipinski definition) is 1. The number of nitrogens with zero attached hydrogens (tertiary/aromatic N) is 2. The van der Waals surface area contributed by atoms with Gasteiger partial charge in [0.1, 0.15) is 11.6 Å². The van der Waals surface area contributed by atoms with Crippen LogP contribution in [-0.2, 0) is 0 Å². The Kier molecular flexibility index (Phi) is 4.26. The zero-order valence-corrected chi connectivity index (χ0v) is 21.6. The van der Waals surface area contributed by atoms with E-state index in [1.165, 1.54) is 27.4 Å². The summed E-state index contributed by atoms with van der Waals surface area (Å²) in [6, 6.07) is 40.1. The Morgan fingerprint density at radius 2 is 1.35 bits per heavy atom. The molecule has 0 N–H and O–H groups in total. The number of aromatic nitrogens is 1. The van der Waals surface area contributed by atoms with Crippen molar-refractivity contribution >= 4 is 44.7 Å². The first-order chi connectivity index (χ1) is 19.8. The number of carbonyl (C=O) groups excluding carboxylic acids is 1. The van der Waals surface area contributed by atoms with Crippen molar-refractivity contribution < 1.29 is 9.37 Å². The summed E-state index contributed by atoms with van der Waals surface area (Å²) in [6.07, 6.45) is 6.67. The molecule has 0 saturated heterocycles. The molecule has 0 radical (unpaired) electrons. The monoisotopic (exact) mass is 511 g/mol. The van der Waals surface area contributed by atoms with E-state index in [9.17, 15) is 4.79 Å². The van der Waals surface area contributed by atoms with E-state index < -0.39 is 0 Å². The van der Waals surface area contributed by atoms with Crippen molar-refractivity contribution in [3.05, 3.63) is 145 Å². The van der Waals surface area contributed by atoms with Gasteiger partial charge in [-0.15, -0.1) is 4.58 Å². The van der Waals surface area contributed by atoms with Gasteiger partial charge in [0.2, 0.25) is 11.4 Å². The molecule has 5 aromatic carbocycles. The lowest BCUT2D eigenvalue weighted by atomic mass is 9.88. The standard InChI is InChI=1S/C37H23N2O/c40-37-30-14-8-7-13-27(30)28-17-18-29-31-21-25(23-9-3-1-4-10-23)15-19-32(31)38-33-20-16-26(24-11-5-2-6-12-24)22-34(33)39(37)36(28)35(29)38/h1-22,33H/q+1. The number of allylic oxidation sites excluding steroid dienone is 4. The number of hydrogen-bond donors (Lipinski definition) is 0. The van der Waals surface area contributed by atoms with E-state index in [1.54, 1.807) is 0 Å². The van der Waals surface area contributed by atoms with Crippen LogP contribution in [0.5, 0.6) is 0 Å². The largest absolute Gasteiger partial charge is 0.426 e. The molecule has 40 heavy (non-hydrogen) atoms. The summed E-state index contributed by atoms with van der Waals surface area (Å²) in [5, 5.41) is 2.38. The second kappa shape index (κ2) is 7.87. The fourth-order valence-corrected chi connectivity index (χ4v) is 6.85. The van der Waals surface area contributed by atoms with E-state index in [0.717, 1.165) is 44.7 Å². The van der Waals surface area contributed by atoms with E-state index in [2.05, 4.69) is 114 Å². The number of carbonyl (C=O) groups is 1. The van der Waals surface area contributed by atoms with E-state index in [-0.39, 0.29) is 11.9 Å². The third-order valence-electron chi connectivity index (χ3n) is 8.63. The summed E-state index contributed by atoms with van der Waals surface area (Å²) in [7, 11) is 0. The zero-order chi connectivity index (χ0) is 26.4. The van der Waals surface area contributed by atoms with Crippen molar-refractivity contribution in [2.75, 3.05) is 0 Å². The lowest BCUT2D eigenvalue weighted by Crippen LogP contribution is -2.36. The molecule has 1 atom stereocenters. The quantitative estimate of drug-likeness (QED) is 0.214. The summed E-state index contributed by atoms with van der Waals surface area (Å²) in [5.41, 5.74) is 11.8. The van der Waals surface area contributed by atoms with Gasteiger partial charge in [-0.05, 0) is 46.5 Å². The zero-order valence-electron chi connectivity index (χ0n) is 21.6. The van der Waals surface area contributed by atoms with E-state index in [0.29, 0.717) is 0 Å². The minimum atomic E-state index is -0.0907. The maximum Gasteiger partial charge on any atom is 0.426 e. The highest BCUT2D eigenvalue weighted by molar-refractivity contribution is 6.22. The van der Waals surface area contributed by atoms with Crippen LogP contribution in [0.15, 0.2) is 133 Å². The number of rotatable bonds is 2. The van der Waals surface area contributed by atoms with Crippen LogP contribution in [0.3, 0.4) is 0 Å². The van der Waals surface area contributed by atoms with Crippen LogP contribution >= 0.6 is 0 Å². The lowest BCUT2D eigenvalue weighted by molar-refractivity contribution is -0.337. The Labute approximate surface area is 231 Å². The minimum absolute atomic E-state index is 0.0380. The average Bonchev–Trinajstić information content (AvgIpc) is 3.36. The van der Waals surface area contributed by atoms with Gasteiger partial charge < -0.3 is 4.57 Å². The van der Waals surface area contributed by atoms with Crippen LogP contribution < -0.4 is 0 Å². The van der Waals surface area contributed by atoms with Gasteiger partial charge in [0, 0.05) is 22.4 Å². The smallest absolute Gasteiger partial charge is 0.318 e. The topological polar surface area (TPSA) is 25.0 Å². The molecule has 1 aromatic heterocycles. The molecular formula is C37H23N2O+. The van der Waals surface area contributed by atoms with Crippen molar-refractivity contribution in [2.45, 2.75) is 6.04 Å².